The Morgan fingerprint density at radius 2 is 1.56 bits per heavy atom. The molecule has 148 valence electrons. The first-order chi connectivity index (χ1) is 12.5. The Labute approximate surface area is 154 Å². The summed E-state index contributed by atoms with van der Waals surface area (Å²) in [7, 11) is 0. The molecule has 9 heteroatoms. The summed E-state index contributed by atoms with van der Waals surface area (Å²) < 4.78 is 55.7. The molecule has 0 saturated carbocycles. The number of carbonyl (C=O) groups is 1. The molecule has 0 radical (unpaired) electrons. The van der Waals surface area contributed by atoms with Crippen LogP contribution in [0, 0.1) is 11.6 Å². The fourth-order valence-electron chi connectivity index (χ4n) is 3.61. The first kappa shape index (κ1) is 18.7. The van der Waals surface area contributed by atoms with Gasteiger partial charge in [-0.15, -0.1) is 0 Å². The van der Waals surface area contributed by atoms with Gasteiger partial charge in [0.25, 0.3) is 5.91 Å². The second kappa shape index (κ2) is 6.18. The Hall–Kier alpha value is -1.65. The SMILES string of the molecule is CC1(C)O[C@H]2[C@@H](O1)[C@H](C(=O)Nc1ccc(F)c(F)c1)O[C@H]1OC(C)(C)O[C@@H]12. The average molecular weight is 385 g/mol. The molecule has 0 aromatic heterocycles. The van der Waals surface area contributed by atoms with Gasteiger partial charge >= 0.3 is 0 Å². The van der Waals surface area contributed by atoms with E-state index < -0.39 is 59.8 Å². The molecule has 5 atom stereocenters. The minimum Gasteiger partial charge on any atom is -0.342 e. The van der Waals surface area contributed by atoms with E-state index in [1.54, 1.807) is 27.7 Å². The zero-order valence-electron chi connectivity index (χ0n) is 15.3. The lowest BCUT2D eigenvalue weighted by molar-refractivity contribution is -0.229. The van der Waals surface area contributed by atoms with Gasteiger partial charge < -0.3 is 29.0 Å². The van der Waals surface area contributed by atoms with Crippen molar-refractivity contribution in [3.05, 3.63) is 29.8 Å². The van der Waals surface area contributed by atoms with Crippen molar-refractivity contribution in [1.82, 2.24) is 0 Å². The molecule has 3 aliphatic heterocycles. The molecule has 1 amide bonds. The molecule has 3 saturated heterocycles. The predicted molar refractivity (Wildman–Crippen MR) is 87.5 cm³/mol. The smallest absolute Gasteiger partial charge is 0.256 e. The fraction of sp³-hybridized carbons (Fsp3) is 0.611. The lowest BCUT2D eigenvalue weighted by Gasteiger charge is -2.36. The molecule has 3 aliphatic rings. The number of amides is 1. The third-order valence-corrected chi connectivity index (χ3v) is 4.60. The zero-order valence-corrected chi connectivity index (χ0v) is 15.3. The molecular formula is C18H21F2NO6. The van der Waals surface area contributed by atoms with Gasteiger partial charge in [-0.3, -0.25) is 4.79 Å². The molecule has 1 aromatic carbocycles. The van der Waals surface area contributed by atoms with Gasteiger partial charge in [0, 0.05) is 11.8 Å². The van der Waals surface area contributed by atoms with Crippen molar-refractivity contribution < 1.29 is 37.3 Å². The third kappa shape index (κ3) is 3.45. The molecule has 3 heterocycles. The maximum absolute atomic E-state index is 13.4. The highest BCUT2D eigenvalue weighted by Gasteiger charge is 2.62. The summed E-state index contributed by atoms with van der Waals surface area (Å²) in [6.07, 6.45) is -3.78. The van der Waals surface area contributed by atoms with E-state index in [0.29, 0.717) is 0 Å². The van der Waals surface area contributed by atoms with Gasteiger partial charge in [-0.05, 0) is 39.8 Å². The second-order valence-corrected chi connectivity index (χ2v) is 7.71. The van der Waals surface area contributed by atoms with Crippen LogP contribution in [0.1, 0.15) is 27.7 Å². The number of carbonyl (C=O) groups excluding carboxylic acids is 1. The number of hydrogen-bond acceptors (Lipinski definition) is 6. The Balaban J connectivity index is 1.57. The highest BCUT2D eigenvalue weighted by molar-refractivity contribution is 5.94. The van der Waals surface area contributed by atoms with Gasteiger partial charge in [0.1, 0.15) is 18.3 Å². The normalized spacial score (nSPS) is 36.1. The van der Waals surface area contributed by atoms with E-state index in [4.69, 9.17) is 23.7 Å². The molecule has 0 unspecified atom stereocenters. The van der Waals surface area contributed by atoms with Crippen molar-refractivity contribution in [3.63, 3.8) is 0 Å². The van der Waals surface area contributed by atoms with Crippen LogP contribution in [0.5, 0.6) is 0 Å². The summed E-state index contributed by atoms with van der Waals surface area (Å²) in [5.41, 5.74) is 0.100. The van der Waals surface area contributed by atoms with Crippen LogP contribution < -0.4 is 5.32 Å². The van der Waals surface area contributed by atoms with Crippen LogP contribution in [0.25, 0.3) is 0 Å². The van der Waals surface area contributed by atoms with E-state index in [1.165, 1.54) is 6.07 Å². The summed E-state index contributed by atoms with van der Waals surface area (Å²) >= 11 is 0. The number of ether oxygens (including phenoxy) is 5. The van der Waals surface area contributed by atoms with Crippen LogP contribution in [0.3, 0.4) is 0 Å². The number of rotatable bonds is 2. The summed E-state index contributed by atoms with van der Waals surface area (Å²) in [6.45, 7) is 6.93. The summed E-state index contributed by atoms with van der Waals surface area (Å²) in [6, 6.07) is 3.08. The predicted octanol–water partition coefficient (Wildman–Crippen LogP) is 2.30. The van der Waals surface area contributed by atoms with E-state index in [0.717, 1.165) is 12.1 Å². The first-order valence-corrected chi connectivity index (χ1v) is 8.67. The lowest BCUT2D eigenvalue weighted by atomic mass is 9.98. The lowest BCUT2D eigenvalue weighted by Crippen LogP contribution is -2.58. The number of halogens is 2. The van der Waals surface area contributed by atoms with Crippen LogP contribution in [0.4, 0.5) is 14.5 Å². The fourth-order valence-corrected chi connectivity index (χ4v) is 3.61. The largest absolute Gasteiger partial charge is 0.342 e. The average Bonchev–Trinajstić information content (AvgIpc) is 3.04. The van der Waals surface area contributed by atoms with Crippen LogP contribution >= 0.6 is 0 Å². The Morgan fingerprint density at radius 1 is 0.926 bits per heavy atom. The standard InChI is InChI=1S/C18H21F2NO6/c1-17(2)24-11-12(25-17)14-16(27-18(3,4)26-14)23-13(11)15(22)21-8-5-6-9(19)10(20)7-8/h5-7,11-14,16H,1-4H3,(H,21,22)/t11-,12+,13-,14-,16+/m1/s1. The highest BCUT2D eigenvalue weighted by atomic mass is 19.2. The van der Waals surface area contributed by atoms with Crippen LogP contribution in [-0.2, 0) is 28.5 Å². The van der Waals surface area contributed by atoms with E-state index in [1.807, 2.05) is 0 Å². The number of nitrogens with one attached hydrogen (secondary N) is 1. The molecule has 3 fully saturated rings. The first-order valence-electron chi connectivity index (χ1n) is 8.67. The highest BCUT2D eigenvalue weighted by Crippen LogP contribution is 2.44. The molecular weight excluding hydrogens is 364 g/mol. The van der Waals surface area contributed by atoms with Gasteiger partial charge in [-0.25, -0.2) is 8.78 Å². The Bertz CT molecular complexity index is 770. The number of fused-ring (bicyclic) bond motifs is 3. The molecule has 0 spiro atoms. The van der Waals surface area contributed by atoms with Gasteiger partial charge in [-0.2, -0.15) is 0 Å². The number of hydrogen-bond donors (Lipinski definition) is 1. The van der Waals surface area contributed by atoms with Crippen molar-refractivity contribution in [3.8, 4) is 0 Å². The third-order valence-electron chi connectivity index (χ3n) is 4.60. The van der Waals surface area contributed by atoms with Gasteiger partial charge in [0.05, 0.1) is 0 Å². The minimum absolute atomic E-state index is 0.100. The van der Waals surface area contributed by atoms with Crippen molar-refractivity contribution in [2.24, 2.45) is 0 Å². The van der Waals surface area contributed by atoms with E-state index >= 15 is 0 Å². The summed E-state index contributed by atoms with van der Waals surface area (Å²) in [4.78, 5) is 12.8. The maximum Gasteiger partial charge on any atom is 0.256 e. The van der Waals surface area contributed by atoms with Gasteiger partial charge in [0.15, 0.2) is 35.6 Å². The molecule has 1 aromatic rings. The van der Waals surface area contributed by atoms with Crippen molar-refractivity contribution >= 4 is 11.6 Å². The van der Waals surface area contributed by atoms with E-state index in [9.17, 15) is 13.6 Å². The van der Waals surface area contributed by atoms with Gasteiger partial charge in [-0.1, -0.05) is 0 Å². The van der Waals surface area contributed by atoms with Crippen molar-refractivity contribution in [1.29, 1.82) is 0 Å². The maximum atomic E-state index is 13.4. The molecule has 27 heavy (non-hydrogen) atoms. The monoisotopic (exact) mass is 385 g/mol. The van der Waals surface area contributed by atoms with E-state index in [2.05, 4.69) is 5.32 Å². The Morgan fingerprint density at radius 3 is 2.26 bits per heavy atom. The Kier molecular flexibility index (Phi) is 4.28. The van der Waals surface area contributed by atoms with Crippen LogP contribution in [-0.4, -0.2) is 48.2 Å². The van der Waals surface area contributed by atoms with E-state index in [-0.39, 0.29) is 5.69 Å². The summed E-state index contributed by atoms with van der Waals surface area (Å²) in [5.74, 6) is -4.49. The number of anilines is 1. The molecule has 1 N–H and O–H groups in total. The topological polar surface area (TPSA) is 75.3 Å². The minimum atomic E-state index is -1.08. The molecule has 0 aliphatic carbocycles. The number of benzene rings is 1. The van der Waals surface area contributed by atoms with Crippen molar-refractivity contribution in [2.45, 2.75) is 70.0 Å². The quantitative estimate of drug-likeness (QED) is 0.842. The van der Waals surface area contributed by atoms with Crippen molar-refractivity contribution in [2.75, 3.05) is 5.32 Å². The molecule has 7 nitrogen and oxygen atoms in total. The molecule has 4 rings (SSSR count). The van der Waals surface area contributed by atoms with Crippen LogP contribution in [0.2, 0.25) is 0 Å². The van der Waals surface area contributed by atoms with Gasteiger partial charge in [0.2, 0.25) is 0 Å². The molecule has 0 bridgehead atoms. The zero-order chi connectivity index (χ0) is 19.6. The van der Waals surface area contributed by atoms with Crippen LogP contribution in [0.15, 0.2) is 18.2 Å². The summed E-state index contributed by atoms with van der Waals surface area (Å²) in [5, 5.41) is 2.52. The second-order valence-electron chi connectivity index (χ2n) is 7.71.